The lowest BCUT2D eigenvalue weighted by Gasteiger charge is -2.40. The average Bonchev–Trinajstić information content (AvgIpc) is 2.45. The second-order valence-electron chi connectivity index (χ2n) is 5.03. The largest absolute Gasteiger partial charge is 0.326 e. The van der Waals surface area contributed by atoms with Gasteiger partial charge >= 0.3 is 0 Å². The molecule has 6 nitrogen and oxygen atoms in total. The van der Waals surface area contributed by atoms with Crippen LogP contribution in [-0.2, 0) is 9.59 Å². The zero-order valence-corrected chi connectivity index (χ0v) is 11.7. The Bertz CT molecular complexity index is 491. The molecule has 3 atom stereocenters. The van der Waals surface area contributed by atoms with E-state index in [1.807, 2.05) is 30.0 Å². The molecule has 20 heavy (non-hydrogen) atoms. The summed E-state index contributed by atoms with van der Waals surface area (Å²) >= 11 is 0. The molecule has 1 fully saturated rings. The number of imide groups is 1. The van der Waals surface area contributed by atoms with Crippen LogP contribution in [0.3, 0.4) is 0 Å². The summed E-state index contributed by atoms with van der Waals surface area (Å²) in [6.07, 6.45) is 2.43. The first-order valence-corrected chi connectivity index (χ1v) is 6.80. The van der Waals surface area contributed by atoms with Crippen molar-refractivity contribution in [3.63, 3.8) is 0 Å². The quantitative estimate of drug-likeness (QED) is 0.767. The van der Waals surface area contributed by atoms with Crippen molar-refractivity contribution in [1.82, 2.24) is 15.2 Å². The van der Waals surface area contributed by atoms with E-state index in [0.29, 0.717) is 0 Å². The topological polar surface area (TPSA) is 88.3 Å². The van der Waals surface area contributed by atoms with Gasteiger partial charge in [-0.25, -0.2) is 0 Å². The van der Waals surface area contributed by atoms with Gasteiger partial charge in [0.05, 0.1) is 24.3 Å². The minimum absolute atomic E-state index is 0.155. The fraction of sp³-hybridized carbons (Fsp3) is 0.500. The van der Waals surface area contributed by atoms with E-state index in [9.17, 15) is 9.59 Å². The minimum Gasteiger partial charge on any atom is -0.326 e. The van der Waals surface area contributed by atoms with E-state index in [2.05, 4.69) is 10.3 Å². The third kappa shape index (κ3) is 2.86. The molecule has 0 radical (unpaired) electrons. The van der Waals surface area contributed by atoms with Crippen LogP contribution in [-0.4, -0.2) is 40.3 Å². The highest BCUT2D eigenvalue weighted by molar-refractivity contribution is 6.00. The molecule has 1 aliphatic rings. The van der Waals surface area contributed by atoms with Gasteiger partial charge < -0.3 is 5.73 Å². The second kappa shape index (κ2) is 6.11. The van der Waals surface area contributed by atoms with Crippen molar-refractivity contribution in [2.75, 3.05) is 6.54 Å². The van der Waals surface area contributed by atoms with E-state index >= 15 is 0 Å². The van der Waals surface area contributed by atoms with Crippen molar-refractivity contribution in [3.8, 4) is 0 Å². The molecule has 1 aromatic heterocycles. The number of carbonyl (C=O) groups excluding carboxylic acids is 2. The lowest BCUT2D eigenvalue weighted by Crippen LogP contribution is -2.60. The molecule has 1 saturated heterocycles. The number of hydrogen-bond donors (Lipinski definition) is 2. The zero-order chi connectivity index (χ0) is 14.7. The van der Waals surface area contributed by atoms with Gasteiger partial charge in [-0.1, -0.05) is 13.0 Å². The molecule has 0 bridgehead atoms. The van der Waals surface area contributed by atoms with Crippen LogP contribution in [0.2, 0.25) is 0 Å². The maximum absolute atomic E-state index is 11.8. The molecular weight excluding hydrogens is 256 g/mol. The van der Waals surface area contributed by atoms with Gasteiger partial charge in [0.2, 0.25) is 11.8 Å². The number of piperazine rings is 1. The maximum atomic E-state index is 11.8. The fourth-order valence-electron chi connectivity index (χ4n) is 2.48. The standard InChI is InChI=1S/C14H20N4O2/c1-3-10(15)13(11-6-4-5-7-16-11)18-8-12(19)17-14(20)9(18)2/h4-7,9-10,13H,3,8,15H2,1-2H3,(H,17,19,20). The molecule has 2 heterocycles. The summed E-state index contributed by atoms with van der Waals surface area (Å²) in [6.45, 7) is 3.92. The van der Waals surface area contributed by atoms with Crippen LogP contribution in [0.5, 0.6) is 0 Å². The average molecular weight is 276 g/mol. The van der Waals surface area contributed by atoms with Crippen molar-refractivity contribution >= 4 is 11.8 Å². The second-order valence-corrected chi connectivity index (χ2v) is 5.03. The van der Waals surface area contributed by atoms with Crippen molar-refractivity contribution in [2.45, 2.75) is 38.4 Å². The number of nitrogens with two attached hydrogens (primary N) is 1. The van der Waals surface area contributed by atoms with Crippen LogP contribution in [0.15, 0.2) is 24.4 Å². The molecule has 3 unspecified atom stereocenters. The molecule has 0 spiro atoms. The van der Waals surface area contributed by atoms with E-state index in [0.717, 1.165) is 12.1 Å². The number of nitrogens with zero attached hydrogens (tertiary/aromatic N) is 2. The van der Waals surface area contributed by atoms with Crippen molar-refractivity contribution < 1.29 is 9.59 Å². The van der Waals surface area contributed by atoms with Crippen molar-refractivity contribution in [2.24, 2.45) is 5.73 Å². The molecule has 0 aromatic carbocycles. The van der Waals surface area contributed by atoms with E-state index < -0.39 is 6.04 Å². The summed E-state index contributed by atoms with van der Waals surface area (Å²) in [5.41, 5.74) is 7.00. The molecule has 1 aliphatic heterocycles. The number of pyridine rings is 1. The Balaban J connectivity index is 2.35. The molecule has 2 rings (SSSR count). The van der Waals surface area contributed by atoms with Crippen LogP contribution in [0.4, 0.5) is 0 Å². The van der Waals surface area contributed by atoms with Crippen molar-refractivity contribution in [3.05, 3.63) is 30.1 Å². The predicted octanol–water partition coefficient (Wildman–Crippen LogP) is 0.207. The van der Waals surface area contributed by atoms with E-state index in [1.54, 1.807) is 13.1 Å². The Morgan fingerprint density at radius 1 is 1.50 bits per heavy atom. The SMILES string of the molecule is CCC(N)C(c1ccccn1)N1CC(=O)NC(=O)C1C. The Hall–Kier alpha value is -1.79. The molecule has 6 heteroatoms. The Labute approximate surface area is 118 Å². The van der Waals surface area contributed by atoms with Crippen LogP contribution < -0.4 is 11.1 Å². The number of nitrogens with one attached hydrogen (secondary N) is 1. The first-order valence-electron chi connectivity index (χ1n) is 6.80. The number of hydrogen-bond acceptors (Lipinski definition) is 5. The Morgan fingerprint density at radius 3 is 2.85 bits per heavy atom. The first kappa shape index (κ1) is 14.6. The summed E-state index contributed by atoms with van der Waals surface area (Å²) < 4.78 is 0. The van der Waals surface area contributed by atoms with Gasteiger partial charge in [-0.3, -0.25) is 24.8 Å². The van der Waals surface area contributed by atoms with Gasteiger partial charge in [0.25, 0.3) is 0 Å². The zero-order valence-electron chi connectivity index (χ0n) is 11.7. The lowest BCUT2D eigenvalue weighted by atomic mass is 9.97. The molecule has 0 aliphatic carbocycles. The lowest BCUT2D eigenvalue weighted by molar-refractivity contribution is -0.141. The third-order valence-electron chi connectivity index (χ3n) is 3.69. The molecule has 3 N–H and O–H groups in total. The third-order valence-corrected chi connectivity index (χ3v) is 3.69. The Morgan fingerprint density at radius 2 is 2.25 bits per heavy atom. The molecule has 2 amide bonds. The van der Waals surface area contributed by atoms with Gasteiger partial charge in [-0.2, -0.15) is 0 Å². The van der Waals surface area contributed by atoms with Crippen LogP contribution in [0.1, 0.15) is 32.0 Å². The van der Waals surface area contributed by atoms with Crippen LogP contribution in [0, 0.1) is 0 Å². The molecule has 1 aromatic rings. The fourth-order valence-corrected chi connectivity index (χ4v) is 2.48. The number of amides is 2. The minimum atomic E-state index is -0.405. The van der Waals surface area contributed by atoms with Gasteiger partial charge in [0.15, 0.2) is 0 Å². The highest BCUT2D eigenvalue weighted by Crippen LogP contribution is 2.26. The maximum Gasteiger partial charge on any atom is 0.243 e. The predicted molar refractivity (Wildman–Crippen MR) is 74.6 cm³/mol. The highest BCUT2D eigenvalue weighted by atomic mass is 16.2. The van der Waals surface area contributed by atoms with E-state index in [-0.39, 0.29) is 30.4 Å². The summed E-state index contributed by atoms with van der Waals surface area (Å²) in [5.74, 6) is -0.581. The number of carbonyl (C=O) groups is 2. The van der Waals surface area contributed by atoms with Crippen molar-refractivity contribution in [1.29, 1.82) is 0 Å². The summed E-state index contributed by atoms with van der Waals surface area (Å²) in [6, 6.07) is 4.75. The highest BCUT2D eigenvalue weighted by Gasteiger charge is 2.38. The normalized spacial score (nSPS) is 23.2. The summed E-state index contributed by atoms with van der Waals surface area (Å²) in [7, 11) is 0. The van der Waals surface area contributed by atoms with Gasteiger partial charge in [0, 0.05) is 12.2 Å². The number of aromatic nitrogens is 1. The molecule has 0 saturated carbocycles. The molecule has 108 valence electrons. The smallest absolute Gasteiger partial charge is 0.243 e. The van der Waals surface area contributed by atoms with Gasteiger partial charge in [0.1, 0.15) is 0 Å². The van der Waals surface area contributed by atoms with Gasteiger partial charge in [-0.05, 0) is 25.5 Å². The van der Waals surface area contributed by atoms with Gasteiger partial charge in [-0.15, -0.1) is 0 Å². The first-order chi connectivity index (χ1) is 9.54. The van der Waals surface area contributed by atoms with E-state index in [1.165, 1.54) is 0 Å². The monoisotopic (exact) mass is 276 g/mol. The van der Waals surface area contributed by atoms with Crippen LogP contribution in [0.25, 0.3) is 0 Å². The van der Waals surface area contributed by atoms with Crippen LogP contribution >= 0.6 is 0 Å². The Kier molecular flexibility index (Phi) is 4.46. The summed E-state index contributed by atoms with van der Waals surface area (Å²) in [5, 5.41) is 2.34. The summed E-state index contributed by atoms with van der Waals surface area (Å²) in [4.78, 5) is 29.6. The number of rotatable bonds is 4. The molecular formula is C14H20N4O2. The van der Waals surface area contributed by atoms with E-state index in [4.69, 9.17) is 5.73 Å².